The second-order valence-electron chi connectivity index (χ2n) is 8.99. The Morgan fingerprint density at radius 3 is 2.31 bits per heavy atom. The van der Waals surface area contributed by atoms with Crippen LogP contribution in [0.2, 0.25) is 0 Å². The third-order valence-corrected chi connectivity index (χ3v) is 5.90. The highest BCUT2D eigenvalue weighted by Crippen LogP contribution is 2.19. The van der Waals surface area contributed by atoms with Crippen molar-refractivity contribution in [2.24, 2.45) is 22.2 Å². The molecule has 15 heteroatoms. The van der Waals surface area contributed by atoms with Crippen molar-refractivity contribution in [2.45, 2.75) is 56.5 Å². The van der Waals surface area contributed by atoms with Crippen molar-refractivity contribution in [3.05, 3.63) is 36.0 Å². The number of aliphatic hydroxyl groups excluding tert-OH is 2. The van der Waals surface area contributed by atoms with E-state index in [4.69, 9.17) is 17.2 Å². The van der Waals surface area contributed by atoms with E-state index in [-0.39, 0.29) is 25.3 Å². The molecule has 1 heterocycles. The van der Waals surface area contributed by atoms with Crippen LogP contribution >= 0.6 is 0 Å². The summed E-state index contributed by atoms with van der Waals surface area (Å²) in [4.78, 5) is 56.7. The average molecular weight is 549 g/mol. The van der Waals surface area contributed by atoms with Crippen molar-refractivity contribution in [1.29, 1.82) is 0 Å². The lowest BCUT2D eigenvalue weighted by atomic mass is 10.0. The fourth-order valence-electron chi connectivity index (χ4n) is 3.76. The van der Waals surface area contributed by atoms with E-state index in [1.807, 2.05) is 12.1 Å². The Morgan fingerprint density at radius 2 is 1.69 bits per heavy atom. The third-order valence-electron chi connectivity index (χ3n) is 5.90. The van der Waals surface area contributed by atoms with Crippen LogP contribution in [0.15, 0.2) is 35.5 Å². The van der Waals surface area contributed by atoms with Gasteiger partial charge in [0, 0.05) is 30.1 Å². The van der Waals surface area contributed by atoms with Crippen LogP contribution in [0.5, 0.6) is 0 Å². The van der Waals surface area contributed by atoms with Gasteiger partial charge in [-0.05, 0) is 31.4 Å². The summed E-state index contributed by atoms with van der Waals surface area (Å²) in [6.45, 7) is 0.639. The first-order valence-electron chi connectivity index (χ1n) is 12.2. The number of amides is 3. The van der Waals surface area contributed by atoms with Crippen molar-refractivity contribution in [1.82, 2.24) is 20.9 Å². The summed E-state index contributed by atoms with van der Waals surface area (Å²) in [7, 11) is 0. The number of carbonyl (C=O) groups is 4. The highest BCUT2D eigenvalue weighted by molar-refractivity contribution is 5.94. The number of nitrogens with one attached hydrogen (secondary N) is 4. The van der Waals surface area contributed by atoms with E-state index < -0.39 is 60.6 Å². The maximum absolute atomic E-state index is 12.9. The first-order chi connectivity index (χ1) is 18.4. The average Bonchev–Trinajstić information content (AvgIpc) is 3.29. The molecule has 0 bridgehead atoms. The number of carbonyl (C=O) groups excluding carboxylic acids is 3. The summed E-state index contributed by atoms with van der Waals surface area (Å²) in [5.74, 6) is -4.11. The Balaban J connectivity index is 2.02. The minimum atomic E-state index is -1.58. The number of aromatic nitrogens is 1. The molecule has 0 spiro atoms. The van der Waals surface area contributed by atoms with E-state index in [1.54, 1.807) is 18.3 Å². The number of carboxylic acids is 1. The molecule has 0 saturated heterocycles. The van der Waals surface area contributed by atoms with Crippen LogP contribution in [0.4, 0.5) is 0 Å². The number of nitrogens with two attached hydrogens (primary N) is 3. The van der Waals surface area contributed by atoms with E-state index in [2.05, 4.69) is 25.9 Å². The van der Waals surface area contributed by atoms with Crippen molar-refractivity contribution in [3.63, 3.8) is 0 Å². The predicted molar refractivity (Wildman–Crippen MR) is 142 cm³/mol. The van der Waals surface area contributed by atoms with Gasteiger partial charge in [0.15, 0.2) is 5.96 Å². The Labute approximate surface area is 224 Å². The molecule has 5 unspecified atom stereocenters. The zero-order valence-electron chi connectivity index (χ0n) is 21.5. The smallest absolute Gasteiger partial charge is 0.326 e. The molecule has 0 saturated carbocycles. The van der Waals surface area contributed by atoms with Crippen LogP contribution in [0.1, 0.15) is 25.3 Å². The van der Waals surface area contributed by atoms with Crippen molar-refractivity contribution < 1.29 is 34.5 Å². The van der Waals surface area contributed by atoms with Gasteiger partial charge in [0.2, 0.25) is 17.7 Å². The molecule has 15 nitrogen and oxygen atoms in total. The number of carboxylic acid groups (broad SMARTS) is 1. The Hall–Kier alpha value is -4.21. The molecule has 2 rings (SSSR count). The van der Waals surface area contributed by atoms with Crippen LogP contribution in [0, 0.1) is 0 Å². The second-order valence-corrected chi connectivity index (χ2v) is 8.99. The number of H-pyrrole nitrogens is 1. The normalized spacial score (nSPS) is 14.9. The lowest BCUT2D eigenvalue weighted by Crippen LogP contribution is -2.60. The minimum absolute atomic E-state index is 0.0675. The Morgan fingerprint density at radius 1 is 1.03 bits per heavy atom. The number of hydrogen-bond acceptors (Lipinski definition) is 8. The molecular formula is C24H36N8O7. The number of rotatable bonds is 15. The fraction of sp³-hybridized carbons (Fsp3) is 0.458. The predicted octanol–water partition coefficient (Wildman–Crippen LogP) is -3.00. The summed E-state index contributed by atoms with van der Waals surface area (Å²) < 4.78 is 0. The molecule has 0 radical (unpaired) electrons. The highest BCUT2D eigenvalue weighted by atomic mass is 16.4. The van der Waals surface area contributed by atoms with Gasteiger partial charge in [-0.15, -0.1) is 0 Å². The topological polar surface area (TPSA) is 271 Å². The molecular weight excluding hydrogens is 512 g/mol. The summed E-state index contributed by atoms with van der Waals surface area (Å²) in [5, 5.41) is 37.1. The van der Waals surface area contributed by atoms with Crippen LogP contribution in [0.25, 0.3) is 10.9 Å². The monoisotopic (exact) mass is 548 g/mol. The SMILES string of the molecule is CC(O)C(NC(=O)C(CO)NC(=O)C(N)CCCN=C(N)N)C(=O)NC(Cc1c[nH]c2ccccc12)C(=O)O. The number of aliphatic imine (C=N–C) groups is 1. The van der Waals surface area contributed by atoms with Crippen molar-refractivity contribution >= 4 is 40.6 Å². The molecule has 39 heavy (non-hydrogen) atoms. The lowest BCUT2D eigenvalue weighted by Gasteiger charge is -2.26. The lowest BCUT2D eigenvalue weighted by molar-refractivity contribution is -0.143. The number of aliphatic hydroxyl groups is 2. The summed E-state index contributed by atoms with van der Waals surface area (Å²) in [6, 6.07) is 1.77. The number of nitrogens with zero attached hydrogens (tertiary/aromatic N) is 1. The number of aliphatic carboxylic acids is 1. The van der Waals surface area contributed by atoms with E-state index >= 15 is 0 Å². The fourth-order valence-corrected chi connectivity index (χ4v) is 3.76. The van der Waals surface area contributed by atoms with E-state index in [9.17, 15) is 34.5 Å². The summed E-state index contributed by atoms with van der Waals surface area (Å²) >= 11 is 0. The van der Waals surface area contributed by atoms with Gasteiger partial charge < -0.3 is 53.5 Å². The van der Waals surface area contributed by atoms with Crippen LogP contribution in [0.3, 0.4) is 0 Å². The first-order valence-corrected chi connectivity index (χ1v) is 12.2. The van der Waals surface area contributed by atoms with Crippen LogP contribution in [-0.4, -0.2) is 93.4 Å². The Kier molecular flexibility index (Phi) is 11.7. The zero-order valence-corrected chi connectivity index (χ0v) is 21.5. The standard InChI is InChI=1S/C24H36N8O7/c1-12(34)19(32-21(36)18(11-33)31-20(35)15(25)6-4-8-28-24(26)27)22(37)30-17(23(38)39)9-13-10-29-16-7-3-2-5-14(13)16/h2-3,5,7,10,12,15,17-19,29,33-34H,4,6,8-9,11,25H2,1H3,(H,30,37)(H,31,35)(H,32,36)(H,38,39)(H4,26,27,28). The van der Waals surface area contributed by atoms with Gasteiger partial charge >= 0.3 is 5.97 Å². The van der Waals surface area contributed by atoms with Gasteiger partial charge in [0.1, 0.15) is 18.1 Å². The number of hydrogen-bond donors (Lipinski definition) is 10. The largest absolute Gasteiger partial charge is 0.480 e. The van der Waals surface area contributed by atoms with E-state index in [0.29, 0.717) is 12.0 Å². The van der Waals surface area contributed by atoms with Crippen LogP contribution in [-0.2, 0) is 25.6 Å². The van der Waals surface area contributed by atoms with Gasteiger partial charge in [-0.25, -0.2) is 4.79 Å². The van der Waals surface area contributed by atoms with Gasteiger partial charge in [-0.3, -0.25) is 19.4 Å². The summed E-state index contributed by atoms with van der Waals surface area (Å²) in [6.07, 6.45) is 0.705. The number of aromatic amines is 1. The molecule has 0 aliphatic heterocycles. The minimum Gasteiger partial charge on any atom is -0.480 e. The molecule has 3 amide bonds. The van der Waals surface area contributed by atoms with Gasteiger partial charge in [-0.1, -0.05) is 18.2 Å². The number of benzene rings is 1. The van der Waals surface area contributed by atoms with E-state index in [1.165, 1.54) is 6.92 Å². The van der Waals surface area contributed by atoms with Crippen molar-refractivity contribution in [2.75, 3.05) is 13.2 Å². The van der Waals surface area contributed by atoms with Gasteiger partial charge in [0.05, 0.1) is 18.8 Å². The van der Waals surface area contributed by atoms with Crippen LogP contribution < -0.4 is 33.2 Å². The molecule has 1 aromatic carbocycles. The van der Waals surface area contributed by atoms with E-state index in [0.717, 1.165) is 10.9 Å². The van der Waals surface area contributed by atoms with Gasteiger partial charge in [-0.2, -0.15) is 0 Å². The molecule has 13 N–H and O–H groups in total. The number of para-hydroxylation sites is 1. The molecule has 0 aliphatic rings. The molecule has 214 valence electrons. The molecule has 2 aromatic rings. The molecule has 0 aliphatic carbocycles. The first kappa shape index (κ1) is 31.0. The maximum atomic E-state index is 12.9. The zero-order chi connectivity index (χ0) is 29.1. The van der Waals surface area contributed by atoms with Gasteiger partial charge in [0.25, 0.3) is 0 Å². The second kappa shape index (κ2) is 14.7. The Bertz CT molecular complexity index is 1180. The molecule has 1 aromatic heterocycles. The number of guanidine groups is 1. The molecule has 0 fully saturated rings. The highest BCUT2D eigenvalue weighted by Gasteiger charge is 2.32. The van der Waals surface area contributed by atoms with Crippen molar-refractivity contribution in [3.8, 4) is 0 Å². The quantitative estimate of drug-likeness (QED) is 0.0612. The maximum Gasteiger partial charge on any atom is 0.326 e. The number of fused-ring (bicyclic) bond motifs is 1. The summed E-state index contributed by atoms with van der Waals surface area (Å²) in [5.41, 5.74) is 17.7. The molecule has 5 atom stereocenters. The third kappa shape index (κ3) is 9.24.